The van der Waals surface area contributed by atoms with Gasteiger partial charge in [-0.05, 0) is 25.3 Å². The Bertz CT molecular complexity index is 1080. The van der Waals surface area contributed by atoms with Gasteiger partial charge in [0, 0.05) is 23.2 Å². The fraction of sp³-hybridized carbons (Fsp3) is 0.312. The van der Waals surface area contributed by atoms with Gasteiger partial charge in [-0.1, -0.05) is 5.16 Å². The predicted octanol–water partition coefficient (Wildman–Crippen LogP) is 2.81. The number of aromatic nitrogens is 2. The molecule has 1 N–H and O–H groups in total. The molecule has 11 heteroatoms. The zero-order chi connectivity index (χ0) is 19.2. The van der Waals surface area contributed by atoms with Crippen LogP contribution in [0.2, 0.25) is 0 Å². The lowest BCUT2D eigenvalue weighted by molar-refractivity contribution is 0.102. The minimum atomic E-state index is -3.70. The third-order valence-corrected chi connectivity index (χ3v) is 8.04. The minimum absolute atomic E-state index is 0.126. The van der Waals surface area contributed by atoms with Crippen molar-refractivity contribution in [2.45, 2.75) is 31.7 Å². The lowest BCUT2D eigenvalue weighted by Gasteiger charge is -2.25. The van der Waals surface area contributed by atoms with E-state index in [2.05, 4.69) is 15.5 Å². The molecule has 0 radical (unpaired) electrons. The summed E-state index contributed by atoms with van der Waals surface area (Å²) in [6.45, 7) is 3.74. The van der Waals surface area contributed by atoms with E-state index in [0.717, 1.165) is 10.6 Å². The van der Waals surface area contributed by atoms with Crippen molar-refractivity contribution >= 4 is 43.7 Å². The summed E-state index contributed by atoms with van der Waals surface area (Å²) < 4.78 is 32.4. The number of anilines is 1. The minimum Gasteiger partial charge on any atom is -0.360 e. The Balaban J connectivity index is 1.55. The maximum absolute atomic E-state index is 13.0. The number of amides is 1. The van der Waals surface area contributed by atoms with Gasteiger partial charge in [0.1, 0.15) is 10.6 Å². The lowest BCUT2D eigenvalue weighted by Crippen LogP contribution is -2.36. The first kappa shape index (κ1) is 18.3. The fourth-order valence-corrected chi connectivity index (χ4v) is 6.40. The summed E-state index contributed by atoms with van der Waals surface area (Å²) in [5.41, 5.74) is 1.76. The molecule has 0 unspecified atom stereocenters. The smallest absolute Gasteiger partial charge is 0.258 e. The molecule has 0 aromatic carbocycles. The number of hydrogen-bond acceptors (Lipinski definition) is 8. The summed E-state index contributed by atoms with van der Waals surface area (Å²) in [5.74, 6) is 0.0638. The molecule has 1 aliphatic heterocycles. The lowest BCUT2D eigenvalue weighted by atomic mass is 10.2. The molecule has 27 heavy (non-hydrogen) atoms. The van der Waals surface area contributed by atoms with E-state index in [4.69, 9.17) is 4.52 Å². The molecule has 0 aliphatic carbocycles. The zero-order valence-electron chi connectivity index (χ0n) is 14.6. The Morgan fingerprint density at radius 1 is 1.37 bits per heavy atom. The van der Waals surface area contributed by atoms with Crippen molar-refractivity contribution < 1.29 is 17.7 Å². The van der Waals surface area contributed by atoms with E-state index in [1.54, 1.807) is 25.3 Å². The van der Waals surface area contributed by atoms with Crippen LogP contribution in [0.1, 0.15) is 32.4 Å². The third-order valence-electron chi connectivity index (χ3n) is 4.27. The molecule has 0 saturated heterocycles. The van der Waals surface area contributed by atoms with E-state index in [0.29, 0.717) is 29.4 Å². The molecule has 0 atom stereocenters. The van der Waals surface area contributed by atoms with Gasteiger partial charge in [0.05, 0.1) is 17.8 Å². The maximum atomic E-state index is 13.0. The number of thiazole rings is 1. The van der Waals surface area contributed by atoms with E-state index >= 15 is 0 Å². The molecule has 4 heterocycles. The van der Waals surface area contributed by atoms with Crippen LogP contribution in [0.3, 0.4) is 0 Å². The summed E-state index contributed by atoms with van der Waals surface area (Å²) in [6.07, 6.45) is 0.489. The highest BCUT2D eigenvalue weighted by Crippen LogP contribution is 2.32. The molecule has 0 fully saturated rings. The number of carbonyl (C=O) groups excluding carboxylic acids is 1. The topological polar surface area (TPSA) is 105 Å². The van der Waals surface area contributed by atoms with Crippen LogP contribution in [-0.4, -0.2) is 35.3 Å². The SMILES string of the molecule is Cc1noc(C)c1S(=O)(=O)N1CCc2nc(NC(=O)c3ccsc3)sc2C1. The monoisotopic (exact) mass is 424 g/mol. The summed E-state index contributed by atoms with van der Waals surface area (Å²) in [5, 5.41) is 10.6. The molecule has 3 aromatic heterocycles. The number of fused-ring (bicyclic) bond motifs is 1. The summed E-state index contributed by atoms with van der Waals surface area (Å²) in [6, 6.07) is 1.74. The highest BCUT2D eigenvalue weighted by atomic mass is 32.2. The van der Waals surface area contributed by atoms with Crippen molar-refractivity contribution in [2.24, 2.45) is 0 Å². The second-order valence-electron chi connectivity index (χ2n) is 6.10. The van der Waals surface area contributed by atoms with E-state index in [-0.39, 0.29) is 23.1 Å². The summed E-state index contributed by atoms with van der Waals surface area (Å²) in [7, 11) is -3.70. The van der Waals surface area contributed by atoms with Crippen LogP contribution in [0.4, 0.5) is 5.13 Å². The predicted molar refractivity (Wildman–Crippen MR) is 102 cm³/mol. The van der Waals surface area contributed by atoms with Crippen molar-refractivity contribution in [2.75, 3.05) is 11.9 Å². The Hall–Kier alpha value is -2.08. The number of nitrogens with zero attached hydrogens (tertiary/aromatic N) is 3. The second-order valence-corrected chi connectivity index (χ2v) is 9.84. The van der Waals surface area contributed by atoms with Crippen LogP contribution in [0.15, 0.2) is 26.2 Å². The Morgan fingerprint density at radius 2 is 2.19 bits per heavy atom. The first-order chi connectivity index (χ1) is 12.9. The molecule has 142 valence electrons. The number of hydrogen-bond donors (Lipinski definition) is 1. The van der Waals surface area contributed by atoms with Crippen LogP contribution in [0.25, 0.3) is 0 Å². The fourth-order valence-electron chi connectivity index (χ4n) is 2.97. The van der Waals surface area contributed by atoms with Crippen molar-refractivity contribution in [3.63, 3.8) is 0 Å². The van der Waals surface area contributed by atoms with Gasteiger partial charge >= 0.3 is 0 Å². The van der Waals surface area contributed by atoms with Crippen molar-refractivity contribution in [3.05, 3.63) is 44.4 Å². The van der Waals surface area contributed by atoms with E-state index < -0.39 is 10.0 Å². The first-order valence-corrected chi connectivity index (χ1v) is 11.3. The number of carbonyl (C=O) groups is 1. The second kappa shape index (κ2) is 6.82. The Morgan fingerprint density at radius 3 is 2.85 bits per heavy atom. The standard InChI is InChI=1S/C16H16N4O4S3/c1-9-14(10(2)24-19-9)27(22,23)20-5-3-12-13(7-20)26-16(17-12)18-15(21)11-4-6-25-8-11/h4,6,8H,3,5,7H2,1-2H3,(H,17,18,21). The average Bonchev–Trinajstić information content (AvgIpc) is 3.34. The van der Waals surface area contributed by atoms with Crippen molar-refractivity contribution in [1.29, 1.82) is 0 Å². The van der Waals surface area contributed by atoms with Gasteiger partial charge in [0.2, 0.25) is 10.0 Å². The number of rotatable bonds is 4. The van der Waals surface area contributed by atoms with Crippen LogP contribution in [0.5, 0.6) is 0 Å². The molecular weight excluding hydrogens is 408 g/mol. The van der Waals surface area contributed by atoms with Gasteiger partial charge in [0.15, 0.2) is 10.9 Å². The molecular formula is C16H16N4O4S3. The van der Waals surface area contributed by atoms with Gasteiger partial charge in [-0.15, -0.1) is 11.3 Å². The molecule has 3 aromatic rings. The quantitative estimate of drug-likeness (QED) is 0.690. The highest BCUT2D eigenvalue weighted by molar-refractivity contribution is 7.89. The number of aryl methyl sites for hydroxylation is 2. The largest absolute Gasteiger partial charge is 0.360 e. The summed E-state index contributed by atoms with van der Waals surface area (Å²) >= 11 is 2.75. The summed E-state index contributed by atoms with van der Waals surface area (Å²) in [4.78, 5) is 17.6. The van der Waals surface area contributed by atoms with Crippen molar-refractivity contribution in [1.82, 2.24) is 14.4 Å². The van der Waals surface area contributed by atoms with E-state index in [1.807, 2.05) is 5.38 Å². The molecule has 4 rings (SSSR count). The highest BCUT2D eigenvalue weighted by Gasteiger charge is 2.34. The van der Waals surface area contributed by atoms with Crippen LogP contribution in [-0.2, 0) is 23.0 Å². The molecule has 0 spiro atoms. The maximum Gasteiger partial charge on any atom is 0.258 e. The van der Waals surface area contributed by atoms with Gasteiger partial charge in [-0.2, -0.15) is 15.6 Å². The van der Waals surface area contributed by atoms with Crippen LogP contribution >= 0.6 is 22.7 Å². The van der Waals surface area contributed by atoms with Gasteiger partial charge in [0.25, 0.3) is 5.91 Å². The molecule has 1 aliphatic rings. The number of nitrogens with one attached hydrogen (secondary N) is 1. The first-order valence-electron chi connectivity index (χ1n) is 8.11. The van der Waals surface area contributed by atoms with Crippen LogP contribution < -0.4 is 5.32 Å². The molecule has 0 saturated carbocycles. The Labute approximate surface area is 163 Å². The average molecular weight is 425 g/mol. The Kier molecular flexibility index (Phi) is 4.62. The zero-order valence-corrected chi connectivity index (χ0v) is 17.0. The normalized spacial score (nSPS) is 14.9. The van der Waals surface area contributed by atoms with Gasteiger partial charge in [-0.3, -0.25) is 10.1 Å². The van der Waals surface area contributed by atoms with Gasteiger partial charge < -0.3 is 4.52 Å². The third kappa shape index (κ3) is 3.31. The van der Waals surface area contributed by atoms with E-state index in [9.17, 15) is 13.2 Å². The molecule has 1 amide bonds. The van der Waals surface area contributed by atoms with Gasteiger partial charge in [-0.25, -0.2) is 13.4 Å². The van der Waals surface area contributed by atoms with Crippen LogP contribution in [0, 0.1) is 13.8 Å². The molecule has 8 nitrogen and oxygen atoms in total. The van der Waals surface area contributed by atoms with E-state index in [1.165, 1.54) is 27.0 Å². The number of sulfonamides is 1. The number of thiophene rings is 1. The van der Waals surface area contributed by atoms with Crippen molar-refractivity contribution in [3.8, 4) is 0 Å². The molecule has 0 bridgehead atoms.